The van der Waals surface area contributed by atoms with E-state index >= 15 is 0 Å². The second kappa shape index (κ2) is 13.1. The number of epoxide rings is 1. The lowest BCUT2D eigenvalue weighted by atomic mass is 9.49. The summed E-state index contributed by atoms with van der Waals surface area (Å²) in [5, 5.41) is 63.3. The molecular weight excluding hydrogens is 736 g/mol. The number of benzene rings is 1. The summed E-state index contributed by atoms with van der Waals surface area (Å²) in [5.41, 5.74) is -8.82. The summed E-state index contributed by atoms with van der Waals surface area (Å²) >= 11 is 0. The van der Waals surface area contributed by atoms with Crippen LogP contribution in [0, 0.1) is 47.3 Å². The van der Waals surface area contributed by atoms with Gasteiger partial charge in [0.15, 0.2) is 0 Å². The number of hydrogen-bond acceptors (Lipinski definition) is 13. The van der Waals surface area contributed by atoms with Gasteiger partial charge in [-0.1, -0.05) is 77.1 Å². The van der Waals surface area contributed by atoms with E-state index in [4.69, 9.17) is 28.4 Å². The smallest absolute Gasteiger partial charge is 0.331 e. The molecular formula is C44H58O13. The van der Waals surface area contributed by atoms with Crippen LogP contribution in [-0.4, -0.2) is 109 Å². The average Bonchev–Trinajstić information content (AvgIpc) is 3.72. The minimum atomic E-state index is -2.21. The molecule has 0 amide bonds. The number of allylic oxidation sites excluding steroid dienone is 2. The Labute approximate surface area is 333 Å². The van der Waals surface area contributed by atoms with Gasteiger partial charge < -0.3 is 54.0 Å². The summed E-state index contributed by atoms with van der Waals surface area (Å²) in [4.78, 5) is 26.7. The molecule has 9 aliphatic rings. The topological polar surface area (TPSA) is 194 Å². The first kappa shape index (κ1) is 39.7. The molecule has 5 N–H and O–H groups in total. The molecule has 10 bridgehead atoms. The highest BCUT2D eigenvalue weighted by atomic mass is 16.9. The maximum atomic E-state index is 13.7. The van der Waals surface area contributed by atoms with E-state index in [0.29, 0.717) is 18.4 Å². The van der Waals surface area contributed by atoms with Crippen molar-refractivity contribution in [2.45, 2.75) is 144 Å². The van der Waals surface area contributed by atoms with E-state index in [1.807, 2.05) is 45.9 Å². The van der Waals surface area contributed by atoms with E-state index < -0.39 is 107 Å². The molecule has 1 unspecified atom stereocenters. The van der Waals surface area contributed by atoms with Crippen molar-refractivity contribution < 1.29 is 63.5 Å². The van der Waals surface area contributed by atoms with Crippen LogP contribution in [0.5, 0.6) is 0 Å². The van der Waals surface area contributed by atoms with Crippen molar-refractivity contribution in [3.63, 3.8) is 0 Å². The monoisotopic (exact) mass is 794 g/mol. The molecule has 1 aromatic rings. The highest BCUT2D eigenvalue weighted by Crippen LogP contribution is 2.75. The highest BCUT2D eigenvalue weighted by Gasteiger charge is 2.91. The maximum absolute atomic E-state index is 13.7. The van der Waals surface area contributed by atoms with E-state index in [1.54, 1.807) is 31.2 Å². The quantitative estimate of drug-likeness (QED) is 0.216. The lowest BCUT2D eigenvalue weighted by Gasteiger charge is -2.74. The van der Waals surface area contributed by atoms with E-state index in [1.165, 1.54) is 12.2 Å². The number of ether oxygens (including phenoxy) is 6. The van der Waals surface area contributed by atoms with Gasteiger partial charge in [-0.25, -0.2) is 4.79 Å². The SMILES string of the molecule is CC(C)CC(=O)O[C@@H]1/C=C\C=C\C(=O)O[C@H]2[C@@H](C)C[C@@H]3[C@]2(O)[C@H](O)[C@@]2(CO)O[C@H]2[C@H]2[C@H]4O[C@]5(c6ccccc6)O[C@@H]([C@@H](C)[C@@]23O5)[C@@]4(O)[C@](C)(O)C[C@H]2CC[C@H]1C2C. The van der Waals surface area contributed by atoms with Crippen molar-refractivity contribution in [2.75, 3.05) is 6.61 Å². The minimum Gasteiger partial charge on any atom is -0.458 e. The highest BCUT2D eigenvalue weighted by molar-refractivity contribution is 5.82. The standard InChI is InChI=1S/C44H58O13/c1-22(2)18-32(47)52-29-14-10-11-15-31(46)53-34-23(3)19-30-41(34,50)38(48)40(21-45)36(54-40)33-37-43(51,39(6,49)20-26-16-17-28(29)24(26)4)35-25(5)42(30,33)57-44(55-35,56-37)27-12-8-7-9-13-27/h7-15,22-26,28-30,33-38,45,48-51H,16-21H2,1-6H3/b14-10-,15-11+/t23-,24?,25+,26+,28-,29+,30+,33-,34-,35-,36-,37+,38+,39+,40-,41+,42-,43-,44-/m0/s1. The van der Waals surface area contributed by atoms with Gasteiger partial charge in [0.2, 0.25) is 0 Å². The van der Waals surface area contributed by atoms with Gasteiger partial charge in [0.25, 0.3) is 0 Å². The van der Waals surface area contributed by atoms with Crippen LogP contribution >= 0.6 is 0 Å². The third kappa shape index (κ3) is 5.26. The van der Waals surface area contributed by atoms with E-state index in [2.05, 4.69) is 6.92 Å². The number of carbonyl (C=O) groups is 2. The number of esters is 2. The summed E-state index contributed by atoms with van der Waals surface area (Å²) in [7, 11) is 0. The van der Waals surface area contributed by atoms with E-state index in [0.717, 1.165) is 0 Å². The molecule has 8 fully saturated rings. The van der Waals surface area contributed by atoms with Gasteiger partial charge in [0.05, 0.1) is 17.8 Å². The lowest BCUT2D eigenvalue weighted by molar-refractivity contribution is -0.595. The molecule has 57 heavy (non-hydrogen) atoms. The second-order valence-corrected chi connectivity index (χ2v) is 19.3. The zero-order valence-corrected chi connectivity index (χ0v) is 33.5. The van der Waals surface area contributed by atoms with Gasteiger partial charge >= 0.3 is 17.9 Å². The van der Waals surface area contributed by atoms with Crippen LogP contribution in [0.2, 0.25) is 0 Å². The summed E-state index contributed by atoms with van der Waals surface area (Å²) < 4.78 is 39.5. The molecule has 13 heteroatoms. The van der Waals surface area contributed by atoms with Crippen LogP contribution in [0.15, 0.2) is 54.6 Å². The molecule has 0 radical (unpaired) electrons. The fraction of sp³-hybridized carbons (Fsp3) is 0.727. The molecule has 13 nitrogen and oxygen atoms in total. The Balaban J connectivity index is 1.22. The molecule has 4 saturated carbocycles. The van der Waals surface area contributed by atoms with Crippen LogP contribution in [-0.2, 0) is 44.0 Å². The zero-order chi connectivity index (χ0) is 40.7. The number of aliphatic hydroxyl groups excluding tert-OH is 2. The average molecular weight is 795 g/mol. The molecule has 312 valence electrons. The third-order valence-corrected chi connectivity index (χ3v) is 15.8. The normalized spacial score (nSPS) is 54.4. The van der Waals surface area contributed by atoms with Gasteiger partial charge in [-0.05, 0) is 62.4 Å². The van der Waals surface area contributed by atoms with Crippen molar-refractivity contribution >= 4 is 11.9 Å². The van der Waals surface area contributed by atoms with Crippen LogP contribution in [0.3, 0.4) is 0 Å². The number of fused-ring (bicyclic) bond motifs is 3. The molecule has 1 spiro atoms. The summed E-state index contributed by atoms with van der Waals surface area (Å²) in [6.07, 6.45) is 1.15. The number of rotatable bonds is 5. The van der Waals surface area contributed by atoms with E-state index in [9.17, 15) is 35.1 Å². The van der Waals surface area contributed by atoms with Crippen molar-refractivity contribution in [1.82, 2.24) is 0 Å². The molecule has 4 saturated heterocycles. The molecule has 0 aromatic heterocycles. The second-order valence-electron chi connectivity index (χ2n) is 19.3. The molecule has 10 rings (SSSR count). The van der Waals surface area contributed by atoms with Gasteiger partial charge in [0, 0.05) is 41.7 Å². The molecule has 1 aromatic carbocycles. The Morgan fingerprint density at radius 2 is 1.68 bits per heavy atom. The van der Waals surface area contributed by atoms with Crippen molar-refractivity contribution in [1.29, 1.82) is 0 Å². The van der Waals surface area contributed by atoms with Gasteiger partial charge in [0.1, 0.15) is 53.4 Å². The van der Waals surface area contributed by atoms with Crippen molar-refractivity contribution in [2.24, 2.45) is 47.3 Å². The van der Waals surface area contributed by atoms with Crippen LogP contribution < -0.4 is 0 Å². The molecule has 4 aliphatic carbocycles. The summed E-state index contributed by atoms with van der Waals surface area (Å²) in [5.74, 6) is -6.33. The predicted octanol–water partition coefficient (Wildman–Crippen LogP) is 3.04. The summed E-state index contributed by atoms with van der Waals surface area (Å²) in [6.45, 7) is 10.6. The number of hydrogen-bond donors (Lipinski definition) is 5. The van der Waals surface area contributed by atoms with Gasteiger partial charge in [-0.15, -0.1) is 0 Å². The maximum Gasteiger partial charge on any atom is 0.331 e. The fourth-order valence-corrected chi connectivity index (χ4v) is 13.0. The molecule has 19 atom stereocenters. The Morgan fingerprint density at radius 1 is 0.965 bits per heavy atom. The molecule has 5 heterocycles. The minimum absolute atomic E-state index is 0.0620. The number of carbonyl (C=O) groups excluding carboxylic acids is 2. The summed E-state index contributed by atoms with van der Waals surface area (Å²) in [6, 6.07) is 9.04. The number of aliphatic hydroxyl groups is 5. The largest absolute Gasteiger partial charge is 0.458 e. The first-order chi connectivity index (χ1) is 26.9. The van der Waals surface area contributed by atoms with Crippen LogP contribution in [0.4, 0.5) is 0 Å². The Bertz CT molecular complexity index is 1830. The first-order valence-corrected chi connectivity index (χ1v) is 20.9. The van der Waals surface area contributed by atoms with E-state index in [-0.39, 0.29) is 48.9 Å². The third-order valence-electron chi connectivity index (χ3n) is 15.8. The Kier molecular flexibility index (Phi) is 9.16. The first-order valence-electron chi connectivity index (χ1n) is 20.9. The van der Waals surface area contributed by atoms with Crippen molar-refractivity contribution in [3.05, 3.63) is 60.2 Å². The van der Waals surface area contributed by atoms with Gasteiger partial charge in [-0.2, -0.15) is 0 Å². The lowest BCUT2D eigenvalue weighted by Crippen LogP contribution is -2.89. The van der Waals surface area contributed by atoms with Crippen molar-refractivity contribution in [3.8, 4) is 0 Å². The van der Waals surface area contributed by atoms with Crippen LogP contribution in [0.1, 0.15) is 79.2 Å². The predicted molar refractivity (Wildman–Crippen MR) is 200 cm³/mol. The Hall–Kier alpha value is -2.72. The van der Waals surface area contributed by atoms with Crippen LogP contribution in [0.25, 0.3) is 0 Å². The van der Waals surface area contributed by atoms with Gasteiger partial charge in [-0.3, -0.25) is 4.79 Å². The fourth-order valence-electron chi connectivity index (χ4n) is 13.0. The zero-order valence-electron chi connectivity index (χ0n) is 33.5. The Morgan fingerprint density at radius 3 is 2.39 bits per heavy atom. The molecule has 5 aliphatic heterocycles.